The maximum absolute atomic E-state index is 9.81. The monoisotopic (exact) mass is 355 g/mol. The van der Waals surface area contributed by atoms with Crippen molar-refractivity contribution in [2.45, 2.75) is 19.7 Å². The summed E-state index contributed by atoms with van der Waals surface area (Å²) >= 11 is 6.04. The molecule has 0 amide bonds. The van der Waals surface area contributed by atoms with Gasteiger partial charge in [0.2, 0.25) is 0 Å². The number of aryl methyl sites for hydroxylation is 1. The summed E-state index contributed by atoms with van der Waals surface area (Å²) in [7, 11) is 0. The lowest BCUT2D eigenvalue weighted by atomic mass is 10.0. The smallest absolute Gasteiger partial charge is 0.128 e. The molecule has 0 fully saturated rings. The summed E-state index contributed by atoms with van der Waals surface area (Å²) in [6.07, 6.45) is -1.02. The van der Waals surface area contributed by atoms with Crippen LogP contribution in [0, 0.1) is 6.92 Å². The number of hydrogen-bond donors (Lipinski definition) is 2. The van der Waals surface area contributed by atoms with Gasteiger partial charge in [0.05, 0.1) is 23.6 Å². The van der Waals surface area contributed by atoms with E-state index in [9.17, 15) is 5.11 Å². The average molecular weight is 356 g/mol. The van der Waals surface area contributed by atoms with Gasteiger partial charge in [0, 0.05) is 22.8 Å². The molecule has 3 aromatic rings. The number of aromatic nitrogens is 3. The van der Waals surface area contributed by atoms with E-state index in [0.717, 1.165) is 28.3 Å². The van der Waals surface area contributed by atoms with Gasteiger partial charge >= 0.3 is 0 Å². The highest BCUT2D eigenvalue weighted by atomic mass is 35.5. The van der Waals surface area contributed by atoms with E-state index in [2.05, 4.69) is 15.2 Å². The topological polar surface area (TPSA) is 80.2 Å². The van der Waals surface area contributed by atoms with E-state index in [0.29, 0.717) is 23.7 Å². The minimum Gasteiger partial charge on any atom is -0.375 e. The number of anilines is 2. The second kappa shape index (κ2) is 6.15. The summed E-state index contributed by atoms with van der Waals surface area (Å²) in [6, 6.07) is 13.4. The molecular weight excluding hydrogens is 338 g/mol. The Balaban J connectivity index is 1.93. The Morgan fingerprint density at radius 2 is 1.92 bits per heavy atom. The summed E-state index contributed by atoms with van der Waals surface area (Å²) in [6.45, 7) is 3.37. The molecule has 1 aliphatic rings. The summed E-state index contributed by atoms with van der Waals surface area (Å²) < 4.78 is 1.92. The predicted molar refractivity (Wildman–Crippen MR) is 97.8 cm³/mol. The maximum Gasteiger partial charge on any atom is 0.128 e. The van der Waals surface area contributed by atoms with Crippen LogP contribution in [0.2, 0.25) is 5.02 Å². The number of halogens is 1. The van der Waals surface area contributed by atoms with E-state index in [-0.39, 0.29) is 0 Å². The van der Waals surface area contributed by atoms with Crippen molar-refractivity contribution in [3.63, 3.8) is 0 Å². The van der Waals surface area contributed by atoms with Gasteiger partial charge in [-0.25, -0.2) is 4.68 Å². The van der Waals surface area contributed by atoms with Crippen molar-refractivity contribution in [3.8, 4) is 11.3 Å². The van der Waals surface area contributed by atoms with Crippen LogP contribution in [0.5, 0.6) is 0 Å². The van der Waals surface area contributed by atoms with Crippen LogP contribution < -0.4 is 10.6 Å². The standard InChI is InChI=1S/C18H18ClN5O/c1-11-17-15-7-2-12(18(20)25)10-16(15)23(8-9-24(17)22-21-11)14-5-3-13(19)4-6-14/h2-7,10,18,25H,8-9,20H2,1H3. The molecule has 3 N–H and O–H groups in total. The fourth-order valence-corrected chi connectivity index (χ4v) is 3.38. The van der Waals surface area contributed by atoms with Crippen LogP contribution in [0.4, 0.5) is 11.4 Å². The highest BCUT2D eigenvalue weighted by Crippen LogP contribution is 2.39. The lowest BCUT2D eigenvalue weighted by Crippen LogP contribution is -2.21. The Hall–Kier alpha value is -2.41. The van der Waals surface area contributed by atoms with Crippen LogP contribution in [0.3, 0.4) is 0 Å². The van der Waals surface area contributed by atoms with Gasteiger partial charge in [-0.15, -0.1) is 5.10 Å². The summed E-state index contributed by atoms with van der Waals surface area (Å²) in [5.74, 6) is 0. The molecule has 1 atom stereocenters. The molecule has 2 aromatic carbocycles. The minimum atomic E-state index is -1.02. The van der Waals surface area contributed by atoms with Gasteiger partial charge < -0.3 is 15.7 Å². The molecule has 0 saturated carbocycles. The molecule has 0 spiro atoms. The number of fused-ring (bicyclic) bond motifs is 3. The molecule has 0 bridgehead atoms. The zero-order chi connectivity index (χ0) is 17.6. The van der Waals surface area contributed by atoms with E-state index in [1.165, 1.54) is 0 Å². The van der Waals surface area contributed by atoms with Gasteiger partial charge in [-0.3, -0.25) is 0 Å². The van der Waals surface area contributed by atoms with E-state index in [1.54, 1.807) is 0 Å². The molecule has 1 aromatic heterocycles. The molecule has 25 heavy (non-hydrogen) atoms. The van der Waals surface area contributed by atoms with Crippen LogP contribution >= 0.6 is 11.6 Å². The van der Waals surface area contributed by atoms with E-state index < -0.39 is 6.23 Å². The third kappa shape index (κ3) is 2.78. The maximum atomic E-state index is 9.81. The lowest BCUT2D eigenvalue weighted by Gasteiger charge is -2.26. The Morgan fingerprint density at radius 1 is 1.16 bits per heavy atom. The first-order chi connectivity index (χ1) is 12.0. The number of hydrogen-bond acceptors (Lipinski definition) is 5. The van der Waals surface area contributed by atoms with Crippen molar-refractivity contribution < 1.29 is 5.11 Å². The second-order valence-corrected chi connectivity index (χ2v) is 6.53. The van der Waals surface area contributed by atoms with Gasteiger partial charge in [-0.05, 0) is 42.8 Å². The molecule has 1 aliphatic heterocycles. The highest BCUT2D eigenvalue weighted by Gasteiger charge is 2.24. The van der Waals surface area contributed by atoms with Crippen molar-refractivity contribution in [1.29, 1.82) is 0 Å². The highest BCUT2D eigenvalue weighted by molar-refractivity contribution is 6.30. The quantitative estimate of drug-likeness (QED) is 0.691. The molecule has 1 unspecified atom stereocenters. The van der Waals surface area contributed by atoms with Gasteiger partial charge in [0.15, 0.2) is 0 Å². The average Bonchev–Trinajstić information content (AvgIpc) is 2.88. The van der Waals surface area contributed by atoms with Gasteiger partial charge in [0.25, 0.3) is 0 Å². The van der Waals surface area contributed by atoms with Gasteiger partial charge in [-0.1, -0.05) is 28.9 Å². The van der Waals surface area contributed by atoms with E-state index >= 15 is 0 Å². The normalized spacial score (nSPS) is 14.6. The molecule has 0 radical (unpaired) electrons. The van der Waals surface area contributed by atoms with E-state index in [4.69, 9.17) is 17.3 Å². The number of aliphatic hydroxyl groups excluding tert-OH is 1. The number of nitrogens with zero attached hydrogens (tertiary/aromatic N) is 4. The first-order valence-corrected chi connectivity index (χ1v) is 8.43. The SMILES string of the molecule is Cc1nnn2c1-c1ccc(C(N)O)cc1N(c1ccc(Cl)cc1)CC2. The van der Waals surface area contributed by atoms with Crippen molar-refractivity contribution >= 4 is 23.0 Å². The number of benzene rings is 2. The summed E-state index contributed by atoms with van der Waals surface area (Å²) in [5, 5.41) is 19.0. The molecular formula is C18H18ClN5O. The zero-order valence-electron chi connectivity index (χ0n) is 13.7. The fourth-order valence-electron chi connectivity index (χ4n) is 3.25. The van der Waals surface area contributed by atoms with Crippen molar-refractivity contribution in [3.05, 3.63) is 58.7 Å². The third-order valence-electron chi connectivity index (χ3n) is 4.49. The number of aliphatic hydroxyl groups is 1. The second-order valence-electron chi connectivity index (χ2n) is 6.10. The molecule has 7 heteroatoms. The number of nitrogens with two attached hydrogens (primary N) is 1. The molecule has 2 heterocycles. The Kier molecular flexibility index (Phi) is 3.95. The summed E-state index contributed by atoms with van der Waals surface area (Å²) in [5.41, 5.74) is 11.2. The largest absolute Gasteiger partial charge is 0.375 e. The predicted octanol–water partition coefficient (Wildman–Crippen LogP) is 3.01. The molecule has 0 aliphatic carbocycles. The number of rotatable bonds is 2. The molecule has 128 valence electrons. The fraction of sp³-hybridized carbons (Fsp3) is 0.222. The summed E-state index contributed by atoms with van der Waals surface area (Å²) in [4.78, 5) is 2.19. The van der Waals surface area contributed by atoms with Crippen molar-refractivity contribution in [2.75, 3.05) is 11.4 Å². The third-order valence-corrected chi connectivity index (χ3v) is 4.74. The molecule has 0 saturated heterocycles. The Morgan fingerprint density at radius 3 is 2.64 bits per heavy atom. The van der Waals surface area contributed by atoms with Crippen LogP contribution in [0.1, 0.15) is 17.5 Å². The van der Waals surface area contributed by atoms with Crippen LogP contribution in [-0.4, -0.2) is 26.6 Å². The van der Waals surface area contributed by atoms with Crippen molar-refractivity contribution in [1.82, 2.24) is 15.0 Å². The van der Waals surface area contributed by atoms with Crippen LogP contribution in [0.25, 0.3) is 11.3 Å². The van der Waals surface area contributed by atoms with Crippen LogP contribution in [-0.2, 0) is 6.54 Å². The minimum absolute atomic E-state index is 0.663. The van der Waals surface area contributed by atoms with Crippen molar-refractivity contribution in [2.24, 2.45) is 5.73 Å². The first kappa shape index (κ1) is 16.1. The zero-order valence-corrected chi connectivity index (χ0v) is 14.5. The van der Waals surface area contributed by atoms with Crippen LogP contribution in [0.15, 0.2) is 42.5 Å². The Bertz CT molecular complexity index is 920. The first-order valence-electron chi connectivity index (χ1n) is 8.06. The van der Waals surface area contributed by atoms with Gasteiger partial charge in [-0.2, -0.15) is 0 Å². The molecule has 6 nitrogen and oxygen atoms in total. The van der Waals surface area contributed by atoms with Gasteiger partial charge in [0.1, 0.15) is 6.23 Å². The Labute approximate surface area is 150 Å². The lowest BCUT2D eigenvalue weighted by molar-refractivity contribution is 0.186. The molecule has 4 rings (SSSR count). The van der Waals surface area contributed by atoms with E-state index in [1.807, 2.05) is 54.1 Å².